The molecule has 2 N–H and O–H groups in total. The van der Waals surface area contributed by atoms with Crippen LogP contribution in [0.3, 0.4) is 0 Å². The van der Waals surface area contributed by atoms with E-state index in [4.69, 9.17) is 16.6 Å². The number of hydrogen-bond donors (Lipinski definition) is 2. The van der Waals surface area contributed by atoms with Gasteiger partial charge < -0.3 is 25.0 Å². The van der Waals surface area contributed by atoms with Crippen LogP contribution in [0.2, 0.25) is 5.02 Å². The third kappa shape index (κ3) is 7.31. The van der Waals surface area contributed by atoms with Crippen molar-refractivity contribution in [2.24, 2.45) is 12.0 Å². The summed E-state index contributed by atoms with van der Waals surface area (Å²) >= 11 is 6.11. The lowest BCUT2D eigenvalue weighted by Gasteiger charge is -2.22. The largest absolute Gasteiger partial charge is 0.357 e. The fourth-order valence-corrected chi connectivity index (χ4v) is 3.82. The summed E-state index contributed by atoms with van der Waals surface area (Å²) in [6.45, 7) is 5.72. The molecule has 2 amide bonds. The topological polar surface area (TPSA) is 64.9 Å². The van der Waals surface area contributed by atoms with Crippen molar-refractivity contribution in [2.75, 3.05) is 32.0 Å². The number of guanidine groups is 1. The van der Waals surface area contributed by atoms with Crippen LogP contribution in [-0.4, -0.2) is 53.0 Å². The van der Waals surface area contributed by atoms with E-state index in [1.807, 2.05) is 60.1 Å². The summed E-state index contributed by atoms with van der Waals surface area (Å²) in [6.07, 6.45) is 4.06. The minimum absolute atomic E-state index is 0. The summed E-state index contributed by atoms with van der Waals surface area (Å²) in [5.74, 6) is 0.821. The number of anilines is 1. The molecule has 1 fully saturated rings. The van der Waals surface area contributed by atoms with Crippen LogP contribution in [0.5, 0.6) is 0 Å². The zero-order valence-corrected chi connectivity index (χ0v) is 21.5. The van der Waals surface area contributed by atoms with Gasteiger partial charge in [0.15, 0.2) is 5.96 Å². The molecule has 2 heterocycles. The van der Waals surface area contributed by atoms with Crippen LogP contribution in [0, 0.1) is 0 Å². The average Bonchev–Trinajstić information content (AvgIpc) is 3.35. The lowest BCUT2D eigenvalue weighted by molar-refractivity contribution is 0.222. The maximum atomic E-state index is 12.3. The van der Waals surface area contributed by atoms with Crippen molar-refractivity contribution in [3.63, 3.8) is 0 Å². The number of aliphatic imine (C=N–C) groups is 1. The first-order valence-electron chi connectivity index (χ1n) is 10.4. The summed E-state index contributed by atoms with van der Waals surface area (Å²) in [6, 6.07) is 9.81. The Bertz CT molecular complexity index is 894. The molecule has 9 heteroatoms. The van der Waals surface area contributed by atoms with E-state index in [9.17, 15) is 4.79 Å². The smallest absolute Gasteiger partial charge is 0.321 e. The number of amides is 2. The zero-order valence-electron chi connectivity index (χ0n) is 18.4. The van der Waals surface area contributed by atoms with Crippen LogP contribution >= 0.6 is 35.6 Å². The predicted octanol–water partition coefficient (Wildman–Crippen LogP) is 4.52. The number of carbonyl (C=O) groups is 1. The van der Waals surface area contributed by atoms with Crippen molar-refractivity contribution in [3.8, 4) is 0 Å². The van der Waals surface area contributed by atoms with Crippen LogP contribution in [0.15, 0.2) is 41.5 Å². The quantitative estimate of drug-likeness (QED) is 0.311. The van der Waals surface area contributed by atoms with Crippen molar-refractivity contribution in [2.45, 2.75) is 32.9 Å². The molecule has 3 rings (SSSR count). The minimum Gasteiger partial charge on any atom is -0.357 e. The molecule has 0 bridgehead atoms. The Kier molecular flexibility index (Phi) is 9.95. The number of hydrogen-bond acceptors (Lipinski definition) is 2. The first kappa shape index (κ1) is 25.3. The van der Waals surface area contributed by atoms with E-state index < -0.39 is 0 Å². The number of urea groups is 1. The summed E-state index contributed by atoms with van der Waals surface area (Å²) in [5.41, 5.74) is 2.95. The SMILES string of the molecule is CCNC(=NCc1cccc(NC(=O)N2CCCC2)c1)N(C)Cc1cc(Cl)cn1C.I. The van der Waals surface area contributed by atoms with Gasteiger partial charge in [-0.3, -0.25) is 0 Å². The van der Waals surface area contributed by atoms with E-state index in [1.54, 1.807) is 0 Å². The molecule has 1 aromatic carbocycles. The second-order valence-electron chi connectivity index (χ2n) is 7.61. The third-order valence-corrected chi connectivity index (χ3v) is 5.36. The molecule has 0 atom stereocenters. The molecular formula is C22H32ClIN6O. The van der Waals surface area contributed by atoms with E-state index in [0.717, 1.165) is 60.4 Å². The number of aromatic nitrogens is 1. The minimum atomic E-state index is -0.0255. The number of carbonyl (C=O) groups excluding carboxylic acids is 1. The van der Waals surface area contributed by atoms with Crippen LogP contribution < -0.4 is 10.6 Å². The van der Waals surface area contributed by atoms with E-state index >= 15 is 0 Å². The zero-order chi connectivity index (χ0) is 21.5. The van der Waals surface area contributed by atoms with Gasteiger partial charge in [-0.2, -0.15) is 0 Å². The average molecular weight is 559 g/mol. The highest BCUT2D eigenvalue weighted by Gasteiger charge is 2.17. The Hall–Kier alpha value is -1.94. The van der Waals surface area contributed by atoms with E-state index in [-0.39, 0.29) is 30.0 Å². The molecule has 1 aliphatic heterocycles. The molecule has 31 heavy (non-hydrogen) atoms. The van der Waals surface area contributed by atoms with Crippen LogP contribution in [0.25, 0.3) is 0 Å². The Balaban J connectivity index is 0.00000341. The summed E-state index contributed by atoms with van der Waals surface area (Å²) in [4.78, 5) is 21.0. The molecule has 170 valence electrons. The van der Waals surface area contributed by atoms with Crippen LogP contribution in [-0.2, 0) is 20.1 Å². The molecule has 0 unspecified atom stereocenters. The predicted molar refractivity (Wildman–Crippen MR) is 138 cm³/mol. The number of benzene rings is 1. The second kappa shape index (κ2) is 12.2. The molecule has 0 spiro atoms. The molecular weight excluding hydrogens is 527 g/mol. The van der Waals surface area contributed by atoms with Crippen molar-refractivity contribution in [3.05, 3.63) is 52.8 Å². The summed E-state index contributed by atoms with van der Waals surface area (Å²) in [7, 11) is 4.00. The molecule has 2 aromatic rings. The number of halogens is 2. The summed E-state index contributed by atoms with van der Waals surface area (Å²) < 4.78 is 2.02. The highest BCUT2D eigenvalue weighted by atomic mass is 127. The molecule has 1 saturated heterocycles. The van der Waals surface area contributed by atoms with Gasteiger partial charge in [0.2, 0.25) is 0 Å². The van der Waals surface area contributed by atoms with E-state index in [2.05, 4.69) is 22.5 Å². The van der Waals surface area contributed by atoms with E-state index in [0.29, 0.717) is 13.1 Å². The van der Waals surface area contributed by atoms with Gasteiger partial charge in [-0.05, 0) is 43.5 Å². The summed E-state index contributed by atoms with van der Waals surface area (Å²) in [5, 5.41) is 7.07. The standard InChI is InChI=1S/C22H31ClN6O.HI/c1-4-24-21(28(3)16-20-13-18(23)15-27(20)2)25-14-17-8-7-9-19(12-17)26-22(30)29-10-5-6-11-29;/h7-9,12-13,15H,4-6,10-11,14,16H2,1-3H3,(H,24,25)(H,26,30);1H. The molecule has 0 radical (unpaired) electrons. The highest BCUT2D eigenvalue weighted by Crippen LogP contribution is 2.16. The normalized spacial score (nSPS) is 13.7. The van der Waals surface area contributed by atoms with Gasteiger partial charge >= 0.3 is 6.03 Å². The van der Waals surface area contributed by atoms with Crippen molar-refractivity contribution in [1.29, 1.82) is 0 Å². The van der Waals surface area contributed by atoms with Crippen LogP contribution in [0.1, 0.15) is 31.0 Å². The van der Waals surface area contributed by atoms with Gasteiger partial charge in [0, 0.05) is 51.3 Å². The number of nitrogens with zero attached hydrogens (tertiary/aromatic N) is 4. The van der Waals surface area contributed by atoms with Gasteiger partial charge in [0.25, 0.3) is 0 Å². The molecule has 0 saturated carbocycles. The lowest BCUT2D eigenvalue weighted by atomic mass is 10.2. The lowest BCUT2D eigenvalue weighted by Crippen LogP contribution is -2.38. The van der Waals surface area contributed by atoms with Gasteiger partial charge in [-0.1, -0.05) is 23.7 Å². The first-order chi connectivity index (χ1) is 14.5. The van der Waals surface area contributed by atoms with Gasteiger partial charge in [0.1, 0.15) is 0 Å². The Morgan fingerprint density at radius 2 is 2.00 bits per heavy atom. The Labute approximate surface area is 206 Å². The third-order valence-electron chi connectivity index (χ3n) is 5.15. The number of rotatable bonds is 6. The fraction of sp³-hybridized carbons (Fsp3) is 0.455. The maximum Gasteiger partial charge on any atom is 0.321 e. The fourth-order valence-electron chi connectivity index (χ4n) is 3.55. The Morgan fingerprint density at radius 1 is 1.26 bits per heavy atom. The van der Waals surface area contributed by atoms with Crippen molar-refractivity contribution in [1.82, 2.24) is 19.7 Å². The maximum absolute atomic E-state index is 12.3. The van der Waals surface area contributed by atoms with Crippen molar-refractivity contribution < 1.29 is 4.79 Å². The number of likely N-dealkylation sites (tertiary alicyclic amines) is 1. The van der Waals surface area contributed by atoms with Gasteiger partial charge in [-0.15, -0.1) is 24.0 Å². The van der Waals surface area contributed by atoms with Gasteiger partial charge in [0.05, 0.1) is 18.1 Å². The van der Waals surface area contributed by atoms with Gasteiger partial charge in [-0.25, -0.2) is 9.79 Å². The van der Waals surface area contributed by atoms with Crippen LogP contribution in [0.4, 0.5) is 10.5 Å². The number of aryl methyl sites for hydroxylation is 1. The second-order valence-corrected chi connectivity index (χ2v) is 8.05. The first-order valence-corrected chi connectivity index (χ1v) is 10.8. The Morgan fingerprint density at radius 3 is 2.65 bits per heavy atom. The molecule has 1 aliphatic rings. The highest BCUT2D eigenvalue weighted by molar-refractivity contribution is 14.0. The molecule has 7 nitrogen and oxygen atoms in total. The molecule has 0 aliphatic carbocycles. The molecule has 1 aromatic heterocycles. The number of nitrogens with one attached hydrogen (secondary N) is 2. The monoisotopic (exact) mass is 558 g/mol. The van der Waals surface area contributed by atoms with E-state index in [1.165, 1.54) is 0 Å². The van der Waals surface area contributed by atoms with Crippen molar-refractivity contribution >= 4 is 53.3 Å².